The normalized spacial score (nSPS) is 15.1. The summed E-state index contributed by atoms with van der Waals surface area (Å²) >= 11 is 3.08. The quantitative estimate of drug-likeness (QED) is 0.585. The van der Waals surface area contributed by atoms with Crippen LogP contribution in [0.25, 0.3) is 0 Å². The van der Waals surface area contributed by atoms with E-state index in [0.29, 0.717) is 30.4 Å². The molecule has 0 spiro atoms. The van der Waals surface area contributed by atoms with Crippen molar-refractivity contribution in [2.75, 3.05) is 13.1 Å². The van der Waals surface area contributed by atoms with Gasteiger partial charge in [-0.2, -0.15) is 0 Å². The summed E-state index contributed by atoms with van der Waals surface area (Å²) in [5.74, 6) is -0.230. The molecule has 1 fully saturated rings. The molecule has 0 radical (unpaired) electrons. The van der Waals surface area contributed by atoms with E-state index in [1.807, 2.05) is 0 Å². The second-order valence-corrected chi connectivity index (χ2v) is 5.57. The largest absolute Gasteiger partial charge is 0.340 e. The first kappa shape index (κ1) is 15.4. The predicted octanol–water partition coefficient (Wildman–Crippen LogP) is 0.710. The molecular formula is C12H12BrN3O5. The highest BCUT2D eigenvalue weighted by atomic mass is 79.9. The van der Waals surface area contributed by atoms with Crippen LogP contribution in [0.2, 0.25) is 0 Å². The average molecular weight is 358 g/mol. The standard InChI is InChI=1S/C12H12BrN3O5/c13-8-5-10(16(20)21)12(19)15(6-8)7-11(18)14-3-1-9(17)2-4-14/h5-6H,1-4,7H2. The van der Waals surface area contributed by atoms with Crippen LogP contribution in [0.5, 0.6) is 0 Å². The van der Waals surface area contributed by atoms with E-state index in [2.05, 4.69) is 15.9 Å². The number of aromatic nitrogens is 1. The minimum Gasteiger partial charge on any atom is -0.340 e. The number of carbonyl (C=O) groups excluding carboxylic acids is 2. The number of ketones is 1. The van der Waals surface area contributed by atoms with Crippen molar-refractivity contribution in [1.82, 2.24) is 9.47 Å². The summed E-state index contributed by atoms with van der Waals surface area (Å²) in [5.41, 5.74) is -1.42. The fourth-order valence-corrected chi connectivity index (χ4v) is 2.55. The third kappa shape index (κ3) is 3.54. The number of carbonyl (C=O) groups is 2. The van der Waals surface area contributed by atoms with Crippen LogP contribution >= 0.6 is 15.9 Å². The van der Waals surface area contributed by atoms with Crippen molar-refractivity contribution in [2.45, 2.75) is 19.4 Å². The monoisotopic (exact) mass is 357 g/mol. The molecule has 1 aliphatic rings. The molecule has 1 amide bonds. The van der Waals surface area contributed by atoms with Gasteiger partial charge in [-0.15, -0.1) is 0 Å². The van der Waals surface area contributed by atoms with Crippen LogP contribution in [0, 0.1) is 10.1 Å². The summed E-state index contributed by atoms with van der Waals surface area (Å²) in [6, 6.07) is 1.10. The highest BCUT2D eigenvalue weighted by Crippen LogP contribution is 2.14. The minimum absolute atomic E-state index is 0.106. The van der Waals surface area contributed by atoms with E-state index in [1.165, 1.54) is 11.1 Å². The third-order valence-corrected chi connectivity index (χ3v) is 3.64. The molecule has 0 N–H and O–H groups in total. The molecular weight excluding hydrogens is 346 g/mol. The molecule has 112 valence electrons. The lowest BCUT2D eigenvalue weighted by Crippen LogP contribution is -2.41. The molecule has 9 heteroatoms. The summed E-state index contributed by atoms with van der Waals surface area (Å²) in [7, 11) is 0. The molecule has 1 saturated heterocycles. The lowest BCUT2D eigenvalue weighted by atomic mass is 10.1. The molecule has 0 aromatic carbocycles. The Hall–Kier alpha value is -2.03. The SMILES string of the molecule is O=C1CCN(C(=O)Cn2cc(Br)cc([N+](=O)[O-])c2=O)CC1. The summed E-state index contributed by atoms with van der Waals surface area (Å²) in [6.07, 6.45) is 1.95. The van der Waals surface area contributed by atoms with Crippen LogP contribution in [0.4, 0.5) is 5.69 Å². The number of amides is 1. The van der Waals surface area contributed by atoms with Crippen LogP contribution in [0.15, 0.2) is 21.5 Å². The van der Waals surface area contributed by atoms with Gasteiger partial charge in [-0.1, -0.05) is 0 Å². The molecule has 0 unspecified atom stereocenters. The van der Waals surface area contributed by atoms with Crippen LogP contribution in [0.1, 0.15) is 12.8 Å². The Labute approximate surface area is 127 Å². The van der Waals surface area contributed by atoms with E-state index in [-0.39, 0.29) is 18.2 Å². The first-order valence-electron chi connectivity index (χ1n) is 6.22. The Balaban J connectivity index is 2.19. The summed E-state index contributed by atoms with van der Waals surface area (Å²) < 4.78 is 1.34. The average Bonchev–Trinajstić information content (AvgIpc) is 2.42. The van der Waals surface area contributed by atoms with Crippen molar-refractivity contribution in [3.8, 4) is 0 Å². The van der Waals surface area contributed by atoms with Crippen molar-refractivity contribution in [1.29, 1.82) is 0 Å². The summed E-state index contributed by atoms with van der Waals surface area (Å²) in [4.78, 5) is 46.6. The number of hydrogen-bond acceptors (Lipinski definition) is 5. The fourth-order valence-electron chi connectivity index (χ4n) is 2.08. The van der Waals surface area contributed by atoms with E-state index in [1.54, 1.807) is 0 Å². The topological polar surface area (TPSA) is 103 Å². The lowest BCUT2D eigenvalue weighted by molar-refractivity contribution is -0.386. The molecule has 21 heavy (non-hydrogen) atoms. The van der Waals surface area contributed by atoms with Gasteiger partial charge in [-0.05, 0) is 15.9 Å². The van der Waals surface area contributed by atoms with Crippen LogP contribution in [-0.2, 0) is 16.1 Å². The highest BCUT2D eigenvalue weighted by Gasteiger charge is 2.23. The van der Waals surface area contributed by atoms with Crippen molar-refractivity contribution in [3.05, 3.63) is 37.2 Å². The van der Waals surface area contributed by atoms with Gasteiger partial charge in [-0.3, -0.25) is 29.1 Å². The van der Waals surface area contributed by atoms with E-state index in [9.17, 15) is 24.5 Å². The second-order valence-electron chi connectivity index (χ2n) is 4.65. The van der Waals surface area contributed by atoms with Crippen molar-refractivity contribution in [2.24, 2.45) is 0 Å². The van der Waals surface area contributed by atoms with Gasteiger partial charge in [0.15, 0.2) is 0 Å². The summed E-state index contributed by atoms with van der Waals surface area (Å²) in [5, 5.41) is 10.8. The molecule has 0 bridgehead atoms. The van der Waals surface area contributed by atoms with Crippen molar-refractivity contribution >= 4 is 33.3 Å². The first-order chi connectivity index (χ1) is 9.88. The maximum absolute atomic E-state index is 12.1. The van der Waals surface area contributed by atoms with Gasteiger partial charge in [0.2, 0.25) is 5.91 Å². The molecule has 1 aromatic rings. The van der Waals surface area contributed by atoms with Gasteiger partial charge in [0, 0.05) is 42.7 Å². The van der Waals surface area contributed by atoms with Crippen LogP contribution in [-0.4, -0.2) is 39.2 Å². The summed E-state index contributed by atoms with van der Waals surface area (Å²) in [6.45, 7) is 0.359. The Kier molecular flexibility index (Phi) is 4.51. The second kappa shape index (κ2) is 6.17. The molecule has 0 atom stereocenters. The molecule has 1 aromatic heterocycles. The Morgan fingerprint density at radius 3 is 2.52 bits per heavy atom. The van der Waals surface area contributed by atoms with Gasteiger partial charge in [0.25, 0.3) is 0 Å². The maximum Gasteiger partial charge on any atom is 0.335 e. The zero-order valence-corrected chi connectivity index (χ0v) is 12.5. The molecule has 2 heterocycles. The van der Waals surface area contributed by atoms with Crippen LogP contribution in [0.3, 0.4) is 0 Å². The Bertz CT molecular complexity index is 659. The molecule has 0 saturated carbocycles. The van der Waals surface area contributed by atoms with Gasteiger partial charge in [0.05, 0.1) is 4.92 Å². The Morgan fingerprint density at radius 1 is 1.33 bits per heavy atom. The van der Waals surface area contributed by atoms with E-state index in [0.717, 1.165) is 10.6 Å². The highest BCUT2D eigenvalue weighted by molar-refractivity contribution is 9.10. The van der Waals surface area contributed by atoms with Gasteiger partial charge in [-0.25, -0.2) is 0 Å². The molecule has 0 aliphatic carbocycles. The molecule has 2 rings (SSSR count). The smallest absolute Gasteiger partial charge is 0.335 e. The van der Waals surface area contributed by atoms with Crippen molar-refractivity contribution < 1.29 is 14.5 Å². The number of pyridine rings is 1. The van der Waals surface area contributed by atoms with Gasteiger partial charge >= 0.3 is 11.2 Å². The number of piperidine rings is 1. The predicted molar refractivity (Wildman–Crippen MR) is 75.9 cm³/mol. The number of hydrogen-bond donors (Lipinski definition) is 0. The third-order valence-electron chi connectivity index (χ3n) is 3.21. The van der Waals surface area contributed by atoms with Gasteiger partial charge < -0.3 is 4.90 Å². The van der Waals surface area contributed by atoms with E-state index < -0.39 is 16.2 Å². The van der Waals surface area contributed by atoms with Crippen LogP contribution < -0.4 is 5.56 Å². The first-order valence-corrected chi connectivity index (χ1v) is 7.01. The number of likely N-dealkylation sites (tertiary alicyclic amines) is 1. The van der Waals surface area contributed by atoms with E-state index >= 15 is 0 Å². The number of Topliss-reactive ketones (excluding diaryl/α,β-unsaturated/α-hetero) is 1. The molecule has 1 aliphatic heterocycles. The zero-order valence-electron chi connectivity index (χ0n) is 11.0. The maximum atomic E-state index is 12.1. The number of nitrogens with zero attached hydrogens (tertiary/aromatic N) is 3. The lowest BCUT2D eigenvalue weighted by Gasteiger charge is -2.26. The number of rotatable bonds is 3. The number of halogens is 1. The van der Waals surface area contributed by atoms with Crippen molar-refractivity contribution in [3.63, 3.8) is 0 Å². The minimum atomic E-state index is -0.829. The zero-order chi connectivity index (χ0) is 15.6. The van der Waals surface area contributed by atoms with Gasteiger partial charge in [0.1, 0.15) is 12.3 Å². The fraction of sp³-hybridized carbons (Fsp3) is 0.417. The molecule has 8 nitrogen and oxygen atoms in total. The number of nitro groups is 1. The van der Waals surface area contributed by atoms with E-state index in [4.69, 9.17) is 0 Å². The Morgan fingerprint density at radius 2 is 1.95 bits per heavy atom.